The highest BCUT2D eigenvalue weighted by molar-refractivity contribution is 5.62. The number of rotatable bonds is 2. The van der Waals surface area contributed by atoms with Crippen molar-refractivity contribution in [3.63, 3.8) is 0 Å². The Morgan fingerprint density at radius 2 is 1.37 bits per heavy atom. The minimum atomic E-state index is 1.11. The Hall–Kier alpha value is -2.35. The van der Waals surface area contributed by atoms with Gasteiger partial charge in [-0.2, -0.15) is 0 Å². The fourth-order valence-electron chi connectivity index (χ4n) is 2.14. The van der Waals surface area contributed by atoms with Crippen LogP contribution in [0.25, 0.3) is 16.9 Å². The molecule has 2 heteroatoms. The van der Waals surface area contributed by atoms with Gasteiger partial charge in [0.25, 0.3) is 0 Å². The minimum Gasteiger partial charge on any atom is -0.299 e. The molecule has 0 saturated heterocycles. The molecular formula is C17H16N2. The predicted octanol–water partition coefficient (Wildman–Crippen LogP) is 4.16. The third-order valence-corrected chi connectivity index (χ3v) is 3.30. The first-order valence-electron chi connectivity index (χ1n) is 6.40. The van der Waals surface area contributed by atoms with E-state index in [1.807, 2.05) is 12.5 Å². The molecule has 1 heterocycles. The number of benzene rings is 2. The second-order valence-corrected chi connectivity index (χ2v) is 4.85. The maximum Gasteiger partial charge on any atom is 0.0997 e. The van der Waals surface area contributed by atoms with Gasteiger partial charge in [0.05, 0.1) is 18.2 Å². The fourth-order valence-corrected chi connectivity index (χ4v) is 2.14. The SMILES string of the molecule is Cc1ccc(-c2cncn2-c2ccc(C)cc2)cc1. The summed E-state index contributed by atoms with van der Waals surface area (Å²) >= 11 is 0. The zero-order valence-electron chi connectivity index (χ0n) is 11.2. The van der Waals surface area contributed by atoms with E-state index in [0.29, 0.717) is 0 Å². The predicted molar refractivity (Wildman–Crippen MR) is 78.5 cm³/mol. The van der Waals surface area contributed by atoms with Crippen LogP contribution in [-0.4, -0.2) is 9.55 Å². The maximum absolute atomic E-state index is 4.28. The van der Waals surface area contributed by atoms with Gasteiger partial charge in [-0.1, -0.05) is 47.5 Å². The molecule has 0 spiro atoms. The monoisotopic (exact) mass is 248 g/mol. The van der Waals surface area contributed by atoms with Crippen molar-refractivity contribution in [2.45, 2.75) is 13.8 Å². The summed E-state index contributed by atoms with van der Waals surface area (Å²) < 4.78 is 2.12. The molecule has 0 aliphatic heterocycles. The average molecular weight is 248 g/mol. The van der Waals surface area contributed by atoms with Gasteiger partial charge in [-0.05, 0) is 26.0 Å². The lowest BCUT2D eigenvalue weighted by Gasteiger charge is -2.09. The van der Waals surface area contributed by atoms with Crippen LogP contribution in [0, 0.1) is 13.8 Å². The summed E-state index contributed by atoms with van der Waals surface area (Å²) in [6.45, 7) is 4.19. The van der Waals surface area contributed by atoms with E-state index in [0.717, 1.165) is 11.4 Å². The molecule has 0 aliphatic carbocycles. The van der Waals surface area contributed by atoms with Crippen LogP contribution in [0.2, 0.25) is 0 Å². The number of aryl methyl sites for hydroxylation is 2. The number of imidazole rings is 1. The fraction of sp³-hybridized carbons (Fsp3) is 0.118. The van der Waals surface area contributed by atoms with Crippen LogP contribution in [0.5, 0.6) is 0 Å². The second kappa shape index (κ2) is 4.73. The van der Waals surface area contributed by atoms with Gasteiger partial charge in [0.1, 0.15) is 0 Å². The van der Waals surface area contributed by atoms with Crippen LogP contribution >= 0.6 is 0 Å². The number of aromatic nitrogens is 2. The van der Waals surface area contributed by atoms with Crippen molar-refractivity contribution in [2.24, 2.45) is 0 Å². The number of hydrogen-bond donors (Lipinski definition) is 0. The molecule has 1 aromatic heterocycles. The van der Waals surface area contributed by atoms with Crippen LogP contribution < -0.4 is 0 Å². The molecule has 0 saturated carbocycles. The summed E-state index contributed by atoms with van der Waals surface area (Å²) in [4.78, 5) is 4.28. The van der Waals surface area contributed by atoms with Crippen LogP contribution in [0.15, 0.2) is 61.1 Å². The Morgan fingerprint density at radius 3 is 2.00 bits per heavy atom. The average Bonchev–Trinajstić information content (AvgIpc) is 2.90. The molecule has 2 nitrogen and oxygen atoms in total. The molecule has 0 radical (unpaired) electrons. The number of hydrogen-bond acceptors (Lipinski definition) is 1. The van der Waals surface area contributed by atoms with Gasteiger partial charge in [0, 0.05) is 11.3 Å². The zero-order chi connectivity index (χ0) is 13.2. The Labute approximate surface area is 113 Å². The molecule has 0 amide bonds. The molecule has 3 aromatic rings. The van der Waals surface area contributed by atoms with Gasteiger partial charge >= 0.3 is 0 Å². The summed E-state index contributed by atoms with van der Waals surface area (Å²) in [6.07, 6.45) is 3.77. The van der Waals surface area contributed by atoms with Gasteiger partial charge in [-0.15, -0.1) is 0 Å². The van der Waals surface area contributed by atoms with Crippen molar-refractivity contribution >= 4 is 0 Å². The van der Waals surface area contributed by atoms with Crippen molar-refractivity contribution in [2.75, 3.05) is 0 Å². The lowest BCUT2D eigenvalue weighted by Crippen LogP contribution is -1.95. The van der Waals surface area contributed by atoms with Crippen molar-refractivity contribution in [3.8, 4) is 16.9 Å². The molecule has 0 fully saturated rings. The molecule has 0 atom stereocenters. The third kappa shape index (κ3) is 2.29. The van der Waals surface area contributed by atoms with Crippen LogP contribution in [0.1, 0.15) is 11.1 Å². The molecule has 2 aromatic carbocycles. The highest BCUT2D eigenvalue weighted by atomic mass is 15.0. The lowest BCUT2D eigenvalue weighted by molar-refractivity contribution is 1.06. The number of nitrogens with zero attached hydrogens (tertiary/aromatic N) is 2. The van der Waals surface area contributed by atoms with E-state index < -0.39 is 0 Å². The molecule has 3 rings (SSSR count). The van der Waals surface area contributed by atoms with E-state index in [1.165, 1.54) is 16.7 Å². The van der Waals surface area contributed by atoms with Gasteiger partial charge < -0.3 is 0 Å². The first-order chi connectivity index (χ1) is 9.24. The summed E-state index contributed by atoms with van der Waals surface area (Å²) in [7, 11) is 0. The van der Waals surface area contributed by atoms with Crippen LogP contribution in [0.4, 0.5) is 0 Å². The lowest BCUT2D eigenvalue weighted by atomic mass is 10.1. The smallest absolute Gasteiger partial charge is 0.0997 e. The third-order valence-electron chi connectivity index (χ3n) is 3.30. The van der Waals surface area contributed by atoms with Gasteiger partial charge in [-0.25, -0.2) is 4.98 Å². The second-order valence-electron chi connectivity index (χ2n) is 4.85. The van der Waals surface area contributed by atoms with E-state index in [1.54, 1.807) is 0 Å². The molecule has 0 bridgehead atoms. The van der Waals surface area contributed by atoms with Gasteiger partial charge in [0.2, 0.25) is 0 Å². The standard InChI is InChI=1S/C17H16N2/c1-13-3-7-15(8-4-13)17-11-18-12-19(17)16-9-5-14(2)6-10-16/h3-12H,1-2H3. The summed E-state index contributed by atoms with van der Waals surface area (Å²) in [6, 6.07) is 17.0. The Bertz CT molecular complexity index is 616. The molecule has 0 unspecified atom stereocenters. The molecule has 0 N–H and O–H groups in total. The van der Waals surface area contributed by atoms with E-state index in [9.17, 15) is 0 Å². The zero-order valence-corrected chi connectivity index (χ0v) is 11.2. The van der Waals surface area contributed by atoms with Crippen LogP contribution in [-0.2, 0) is 0 Å². The first kappa shape index (κ1) is 11.7. The van der Waals surface area contributed by atoms with E-state index in [-0.39, 0.29) is 0 Å². The molecular weight excluding hydrogens is 232 g/mol. The van der Waals surface area contributed by atoms with Gasteiger partial charge in [-0.3, -0.25) is 4.57 Å². The molecule has 0 aliphatic rings. The Kier molecular flexibility index (Phi) is 2.92. The summed E-state index contributed by atoms with van der Waals surface area (Å²) in [5.74, 6) is 0. The summed E-state index contributed by atoms with van der Waals surface area (Å²) in [5, 5.41) is 0. The highest BCUT2D eigenvalue weighted by Gasteiger charge is 2.06. The Balaban J connectivity index is 2.07. The molecule has 19 heavy (non-hydrogen) atoms. The summed E-state index contributed by atoms with van der Waals surface area (Å²) in [5.41, 5.74) is 5.97. The van der Waals surface area contributed by atoms with Crippen molar-refractivity contribution in [3.05, 3.63) is 72.2 Å². The van der Waals surface area contributed by atoms with E-state index in [4.69, 9.17) is 0 Å². The van der Waals surface area contributed by atoms with Crippen LogP contribution in [0.3, 0.4) is 0 Å². The highest BCUT2D eigenvalue weighted by Crippen LogP contribution is 2.23. The topological polar surface area (TPSA) is 17.8 Å². The largest absolute Gasteiger partial charge is 0.299 e. The Morgan fingerprint density at radius 1 is 0.789 bits per heavy atom. The van der Waals surface area contributed by atoms with Gasteiger partial charge in [0.15, 0.2) is 0 Å². The van der Waals surface area contributed by atoms with Crippen molar-refractivity contribution in [1.29, 1.82) is 0 Å². The van der Waals surface area contributed by atoms with Crippen molar-refractivity contribution < 1.29 is 0 Å². The first-order valence-corrected chi connectivity index (χ1v) is 6.40. The van der Waals surface area contributed by atoms with E-state index >= 15 is 0 Å². The quantitative estimate of drug-likeness (QED) is 0.666. The minimum absolute atomic E-state index is 1.11. The van der Waals surface area contributed by atoms with Crippen molar-refractivity contribution in [1.82, 2.24) is 9.55 Å². The van der Waals surface area contributed by atoms with E-state index in [2.05, 4.69) is 71.9 Å². The normalized spacial score (nSPS) is 10.6. The molecule has 94 valence electrons. The maximum atomic E-state index is 4.28.